The summed E-state index contributed by atoms with van der Waals surface area (Å²) in [5.74, 6) is -0.0611. The van der Waals surface area contributed by atoms with E-state index in [9.17, 15) is 9.90 Å². The van der Waals surface area contributed by atoms with Crippen molar-refractivity contribution in [3.8, 4) is 5.88 Å². The summed E-state index contributed by atoms with van der Waals surface area (Å²) in [7, 11) is 8.98. The highest BCUT2D eigenvalue weighted by Crippen LogP contribution is 2.27. The van der Waals surface area contributed by atoms with Gasteiger partial charge < -0.3 is 9.92 Å². The number of pyridine rings is 1. The molecule has 1 aromatic carbocycles. The minimum atomic E-state index is -0.391. The number of aryl methyl sites for hydroxylation is 1. The van der Waals surface area contributed by atoms with Gasteiger partial charge in [0.05, 0.1) is 5.69 Å². The van der Waals surface area contributed by atoms with Crippen molar-refractivity contribution < 1.29 is 5.11 Å². The Labute approximate surface area is 136 Å². The van der Waals surface area contributed by atoms with Crippen LogP contribution in [0.4, 0.5) is 17.1 Å². The fourth-order valence-electron chi connectivity index (χ4n) is 2.24. The van der Waals surface area contributed by atoms with Crippen molar-refractivity contribution in [2.24, 2.45) is 17.3 Å². The molecule has 1 heterocycles. The molecule has 0 saturated heterocycles. The Kier molecular flexibility index (Phi) is 4.59. The van der Waals surface area contributed by atoms with Gasteiger partial charge in [-0.3, -0.25) is 9.36 Å². The van der Waals surface area contributed by atoms with Gasteiger partial charge in [0.25, 0.3) is 5.56 Å². The van der Waals surface area contributed by atoms with Crippen LogP contribution in [-0.4, -0.2) is 24.7 Å². The lowest BCUT2D eigenvalue weighted by atomic mass is 10.1. The Morgan fingerprint density at radius 2 is 1.78 bits per heavy atom. The van der Waals surface area contributed by atoms with Gasteiger partial charge >= 0.3 is 0 Å². The standard InChI is InChI=1S/C16H19BN4O2/c1-9-6-12(8-13(7-9)21(5)17)18-19-14-10(2)11(3)15(22)20(4)16(14)23/h6-8,22H,1-5H3. The van der Waals surface area contributed by atoms with Crippen molar-refractivity contribution >= 4 is 25.0 Å². The molecular weight excluding hydrogens is 291 g/mol. The van der Waals surface area contributed by atoms with Gasteiger partial charge in [0.2, 0.25) is 7.98 Å². The molecule has 23 heavy (non-hydrogen) atoms. The summed E-state index contributed by atoms with van der Waals surface area (Å²) in [5.41, 5.74) is 3.42. The molecule has 0 spiro atoms. The third kappa shape index (κ3) is 3.28. The monoisotopic (exact) mass is 310 g/mol. The summed E-state index contributed by atoms with van der Waals surface area (Å²) in [4.78, 5) is 13.7. The summed E-state index contributed by atoms with van der Waals surface area (Å²) < 4.78 is 1.16. The first-order valence-electron chi connectivity index (χ1n) is 7.13. The number of benzene rings is 1. The topological polar surface area (TPSA) is 70.2 Å². The van der Waals surface area contributed by atoms with Crippen LogP contribution in [0.2, 0.25) is 0 Å². The summed E-state index contributed by atoms with van der Waals surface area (Å²) in [5, 5.41) is 18.1. The quantitative estimate of drug-likeness (QED) is 0.700. The Bertz CT molecular complexity index is 841. The molecule has 1 N–H and O–H groups in total. The van der Waals surface area contributed by atoms with Gasteiger partial charge in [-0.25, -0.2) is 0 Å². The van der Waals surface area contributed by atoms with Crippen molar-refractivity contribution in [2.75, 3.05) is 11.9 Å². The molecule has 7 heteroatoms. The highest BCUT2D eigenvalue weighted by Gasteiger charge is 2.14. The molecule has 0 aliphatic rings. The first kappa shape index (κ1) is 16.8. The maximum atomic E-state index is 12.2. The first-order chi connectivity index (χ1) is 10.7. The number of aromatic nitrogens is 1. The molecule has 118 valence electrons. The van der Waals surface area contributed by atoms with Gasteiger partial charge in [0.15, 0.2) is 11.6 Å². The van der Waals surface area contributed by atoms with Crippen LogP contribution in [0.25, 0.3) is 0 Å². The maximum absolute atomic E-state index is 12.2. The van der Waals surface area contributed by atoms with E-state index in [2.05, 4.69) is 10.2 Å². The summed E-state index contributed by atoms with van der Waals surface area (Å²) in [6.07, 6.45) is 0. The molecule has 2 rings (SSSR count). The van der Waals surface area contributed by atoms with E-state index in [1.54, 1.807) is 27.0 Å². The highest BCUT2D eigenvalue weighted by atomic mass is 16.3. The van der Waals surface area contributed by atoms with E-state index in [1.165, 1.54) is 11.9 Å². The lowest BCUT2D eigenvalue weighted by Crippen LogP contribution is -2.18. The largest absolute Gasteiger partial charge is 0.494 e. The zero-order valence-corrected chi connectivity index (χ0v) is 14.0. The summed E-state index contributed by atoms with van der Waals surface area (Å²) >= 11 is 0. The first-order valence-corrected chi connectivity index (χ1v) is 7.13. The molecule has 2 aromatic rings. The van der Waals surface area contributed by atoms with E-state index in [-0.39, 0.29) is 11.6 Å². The third-order valence-electron chi connectivity index (χ3n) is 3.80. The zero-order valence-electron chi connectivity index (χ0n) is 14.0. The number of hydrogen-bond donors (Lipinski definition) is 1. The molecular formula is C16H19BN4O2. The van der Waals surface area contributed by atoms with E-state index in [4.69, 9.17) is 7.98 Å². The normalized spacial score (nSPS) is 11.2. The Hall–Kier alpha value is -2.57. The lowest BCUT2D eigenvalue weighted by molar-refractivity contribution is 0.418. The summed E-state index contributed by atoms with van der Waals surface area (Å²) in [6, 6.07) is 5.56. The van der Waals surface area contributed by atoms with Crippen LogP contribution in [0.3, 0.4) is 0 Å². The van der Waals surface area contributed by atoms with Crippen molar-refractivity contribution in [3.05, 3.63) is 45.2 Å². The van der Waals surface area contributed by atoms with Gasteiger partial charge in [-0.05, 0) is 57.1 Å². The number of nitrogens with zero attached hydrogens (tertiary/aromatic N) is 4. The molecule has 0 atom stereocenters. The molecule has 0 fully saturated rings. The lowest BCUT2D eigenvalue weighted by Gasteiger charge is -2.14. The second-order valence-corrected chi connectivity index (χ2v) is 5.62. The van der Waals surface area contributed by atoms with E-state index in [1.807, 2.05) is 19.1 Å². The minimum Gasteiger partial charge on any atom is -0.494 e. The number of hydrogen-bond acceptors (Lipinski definition) is 5. The predicted octanol–water partition coefficient (Wildman–Crippen LogP) is 2.95. The predicted molar refractivity (Wildman–Crippen MR) is 92.3 cm³/mol. The fourth-order valence-corrected chi connectivity index (χ4v) is 2.24. The molecule has 0 aliphatic heterocycles. The molecule has 0 unspecified atom stereocenters. The number of anilines is 1. The SMILES string of the molecule is [B]N(C)c1cc(C)cc(N=Nc2c(C)c(C)c(O)n(C)c2=O)c1. The zero-order chi connectivity index (χ0) is 17.3. The van der Waals surface area contributed by atoms with Crippen LogP contribution in [-0.2, 0) is 7.05 Å². The van der Waals surface area contributed by atoms with Crippen molar-refractivity contribution in [1.82, 2.24) is 4.57 Å². The number of aromatic hydroxyl groups is 1. The Balaban J connectivity index is 2.52. The third-order valence-corrected chi connectivity index (χ3v) is 3.80. The second-order valence-electron chi connectivity index (χ2n) is 5.62. The van der Waals surface area contributed by atoms with Crippen molar-refractivity contribution in [3.63, 3.8) is 0 Å². The van der Waals surface area contributed by atoms with Gasteiger partial charge in [-0.1, -0.05) is 0 Å². The number of azo groups is 1. The number of rotatable bonds is 3. The van der Waals surface area contributed by atoms with Gasteiger partial charge in [0, 0.05) is 18.3 Å². The van der Waals surface area contributed by atoms with Crippen LogP contribution in [0.5, 0.6) is 5.88 Å². The smallest absolute Gasteiger partial charge is 0.281 e. The highest BCUT2D eigenvalue weighted by molar-refractivity contribution is 6.17. The van der Waals surface area contributed by atoms with Crippen LogP contribution in [0.15, 0.2) is 33.2 Å². The average Bonchev–Trinajstić information content (AvgIpc) is 2.50. The second kappa shape index (κ2) is 6.28. The van der Waals surface area contributed by atoms with E-state index in [0.717, 1.165) is 15.8 Å². The summed E-state index contributed by atoms with van der Waals surface area (Å²) in [6.45, 7) is 5.40. The van der Waals surface area contributed by atoms with Gasteiger partial charge in [-0.15, -0.1) is 5.11 Å². The Morgan fingerprint density at radius 3 is 2.39 bits per heavy atom. The molecule has 0 amide bonds. The molecule has 1 aromatic heterocycles. The van der Waals surface area contributed by atoms with Crippen LogP contribution >= 0.6 is 0 Å². The van der Waals surface area contributed by atoms with Gasteiger partial charge in [0.1, 0.15) is 0 Å². The van der Waals surface area contributed by atoms with Crippen molar-refractivity contribution in [2.45, 2.75) is 20.8 Å². The van der Waals surface area contributed by atoms with E-state index in [0.29, 0.717) is 16.8 Å². The van der Waals surface area contributed by atoms with Crippen molar-refractivity contribution in [1.29, 1.82) is 0 Å². The van der Waals surface area contributed by atoms with Crippen LogP contribution < -0.4 is 10.4 Å². The molecule has 2 radical (unpaired) electrons. The molecule has 0 bridgehead atoms. The Morgan fingerprint density at radius 1 is 1.13 bits per heavy atom. The fraction of sp³-hybridized carbons (Fsp3) is 0.312. The van der Waals surface area contributed by atoms with E-state index < -0.39 is 5.56 Å². The molecule has 6 nitrogen and oxygen atoms in total. The van der Waals surface area contributed by atoms with Crippen LogP contribution in [0.1, 0.15) is 16.7 Å². The van der Waals surface area contributed by atoms with Crippen LogP contribution in [0, 0.1) is 20.8 Å². The molecule has 0 aliphatic carbocycles. The molecule has 0 saturated carbocycles. The average molecular weight is 310 g/mol. The van der Waals surface area contributed by atoms with Gasteiger partial charge in [-0.2, -0.15) is 5.11 Å². The minimum absolute atomic E-state index is 0.0611. The maximum Gasteiger partial charge on any atom is 0.281 e. The van der Waals surface area contributed by atoms with E-state index >= 15 is 0 Å².